The molecule has 5 nitrogen and oxygen atoms in total. The lowest BCUT2D eigenvalue weighted by Crippen LogP contribution is -2.43. The molecule has 2 rings (SSSR count). The summed E-state index contributed by atoms with van der Waals surface area (Å²) < 4.78 is 34.4. The molecule has 2 aromatic carbocycles. The fourth-order valence-electron chi connectivity index (χ4n) is 2.68. The zero-order valence-corrected chi connectivity index (χ0v) is 15.9. The number of carbonyl (C=O) groups excluding carboxylic acids is 1. The van der Waals surface area contributed by atoms with Gasteiger partial charge in [0.2, 0.25) is 5.91 Å². The van der Waals surface area contributed by atoms with Crippen molar-refractivity contribution in [2.24, 2.45) is 0 Å². The van der Waals surface area contributed by atoms with Crippen molar-refractivity contribution in [3.05, 3.63) is 54.1 Å². The van der Waals surface area contributed by atoms with Crippen LogP contribution in [0.2, 0.25) is 0 Å². The first-order valence-electron chi connectivity index (χ1n) is 8.48. The largest absolute Gasteiger partial charge is 0.493 e. The molecule has 0 heterocycles. The Morgan fingerprint density at radius 3 is 2.33 bits per heavy atom. The summed E-state index contributed by atoms with van der Waals surface area (Å²) in [6, 6.07) is 13.8. The first-order valence-corrected chi connectivity index (χ1v) is 8.48. The lowest BCUT2D eigenvalue weighted by atomic mass is 10.1. The maximum absolute atomic E-state index is 12.7. The number of alkyl halides is 2. The number of methoxy groups -OCH3 is 1. The average Bonchev–Trinajstić information content (AvgIpc) is 2.67. The fourth-order valence-corrected chi connectivity index (χ4v) is 2.68. The number of carbonyl (C=O) groups is 1. The van der Waals surface area contributed by atoms with Crippen molar-refractivity contribution < 1.29 is 23.0 Å². The van der Waals surface area contributed by atoms with Crippen LogP contribution >= 0.6 is 0 Å². The molecule has 0 aliphatic heterocycles. The van der Waals surface area contributed by atoms with Gasteiger partial charge < -0.3 is 14.4 Å². The third kappa shape index (κ3) is 5.40. The molecule has 7 heteroatoms. The lowest BCUT2D eigenvalue weighted by molar-refractivity contribution is -0.122. The van der Waals surface area contributed by atoms with Gasteiger partial charge in [-0.25, -0.2) is 0 Å². The zero-order valence-electron chi connectivity index (χ0n) is 15.9. The van der Waals surface area contributed by atoms with E-state index in [1.165, 1.54) is 13.2 Å². The number of para-hydroxylation sites is 1. The van der Waals surface area contributed by atoms with Crippen LogP contribution in [0.1, 0.15) is 12.5 Å². The summed E-state index contributed by atoms with van der Waals surface area (Å²) in [6.07, 6.45) is 0. The second kappa shape index (κ2) is 9.32. The quantitative estimate of drug-likeness (QED) is 0.701. The second-order valence-electron chi connectivity index (χ2n) is 6.19. The van der Waals surface area contributed by atoms with Crippen LogP contribution in [0, 0.1) is 0 Å². The second-order valence-corrected chi connectivity index (χ2v) is 6.19. The smallest absolute Gasteiger partial charge is 0.387 e. The number of anilines is 1. The van der Waals surface area contributed by atoms with Crippen LogP contribution in [0.5, 0.6) is 11.5 Å². The number of likely N-dealkylation sites (N-methyl/N-ethyl adjacent to an activating group) is 2. The van der Waals surface area contributed by atoms with Crippen LogP contribution in [0.4, 0.5) is 14.5 Å². The number of rotatable bonds is 8. The van der Waals surface area contributed by atoms with E-state index in [1.807, 2.05) is 49.2 Å². The number of amides is 1. The number of hydrogen-bond donors (Lipinski definition) is 0. The normalized spacial score (nSPS) is 12.1. The maximum atomic E-state index is 12.7. The summed E-state index contributed by atoms with van der Waals surface area (Å²) in [5.41, 5.74) is 1.64. The Morgan fingerprint density at radius 2 is 1.74 bits per heavy atom. The van der Waals surface area contributed by atoms with Crippen LogP contribution in [-0.2, 0) is 11.3 Å². The Balaban J connectivity index is 2.07. The van der Waals surface area contributed by atoms with E-state index in [2.05, 4.69) is 4.74 Å². The van der Waals surface area contributed by atoms with Crippen LogP contribution in [0.25, 0.3) is 0 Å². The van der Waals surface area contributed by atoms with Gasteiger partial charge in [0.15, 0.2) is 11.5 Å². The molecule has 0 fully saturated rings. The average molecular weight is 378 g/mol. The van der Waals surface area contributed by atoms with Gasteiger partial charge in [0.25, 0.3) is 0 Å². The maximum Gasteiger partial charge on any atom is 0.387 e. The molecule has 0 bridgehead atoms. The molecular formula is C20H24F2N2O3. The third-order valence-corrected chi connectivity index (χ3v) is 4.37. The molecule has 2 aromatic rings. The molecule has 0 saturated carbocycles. The fraction of sp³-hybridized carbons (Fsp3) is 0.350. The Morgan fingerprint density at radius 1 is 1.07 bits per heavy atom. The minimum atomic E-state index is -2.92. The minimum Gasteiger partial charge on any atom is -0.493 e. The standard InChI is InChI=1S/C20H24F2N2O3/c1-14(19(25)24(3)16-8-6-5-7-9-16)23(2)13-15-10-11-17(27-20(21)22)18(12-15)26-4/h5-12,14,20H,13H2,1-4H3/t14-/m0/s1. The molecule has 0 saturated heterocycles. The van der Waals surface area contributed by atoms with Gasteiger partial charge in [0.05, 0.1) is 13.2 Å². The van der Waals surface area contributed by atoms with Crippen molar-refractivity contribution >= 4 is 11.6 Å². The molecule has 0 radical (unpaired) electrons. The van der Waals surface area contributed by atoms with Gasteiger partial charge in [-0.05, 0) is 43.8 Å². The highest BCUT2D eigenvalue weighted by atomic mass is 19.3. The number of ether oxygens (including phenoxy) is 2. The zero-order chi connectivity index (χ0) is 20.0. The first kappa shape index (κ1) is 20.6. The molecule has 0 aliphatic rings. The van der Waals surface area contributed by atoms with Crippen LogP contribution in [0.15, 0.2) is 48.5 Å². The minimum absolute atomic E-state index is 0.0214. The van der Waals surface area contributed by atoms with Gasteiger partial charge in [0, 0.05) is 19.3 Å². The van der Waals surface area contributed by atoms with Gasteiger partial charge in [-0.2, -0.15) is 8.78 Å². The highest BCUT2D eigenvalue weighted by molar-refractivity contribution is 5.96. The van der Waals surface area contributed by atoms with Gasteiger partial charge in [-0.15, -0.1) is 0 Å². The van der Waals surface area contributed by atoms with E-state index in [0.29, 0.717) is 6.54 Å². The molecule has 0 aromatic heterocycles. The van der Waals surface area contributed by atoms with E-state index >= 15 is 0 Å². The monoisotopic (exact) mass is 378 g/mol. The van der Waals surface area contributed by atoms with E-state index < -0.39 is 6.61 Å². The molecule has 1 atom stereocenters. The summed E-state index contributed by atoms with van der Waals surface area (Å²) in [5, 5.41) is 0. The third-order valence-electron chi connectivity index (χ3n) is 4.37. The number of hydrogen-bond acceptors (Lipinski definition) is 4. The van der Waals surface area contributed by atoms with E-state index in [-0.39, 0.29) is 23.4 Å². The molecular weight excluding hydrogens is 354 g/mol. The van der Waals surface area contributed by atoms with E-state index in [4.69, 9.17) is 4.74 Å². The molecule has 0 N–H and O–H groups in total. The van der Waals surface area contributed by atoms with Gasteiger partial charge in [-0.3, -0.25) is 9.69 Å². The van der Waals surface area contributed by atoms with Crippen LogP contribution < -0.4 is 14.4 Å². The van der Waals surface area contributed by atoms with Gasteiger partial charge in [-0.1, -0.05) is 24.3 Å². The molecule has 146 valence electrons. The highest BCUT2D eigenvalue weighted by Gasteiger charge is 2.23. The van der Waals surface area contributed by atoms with Crippen molar-refractivity contribution in [1.82, 2.24) is 4.90 Å². The number of benzene rings is 2. The van der Waals surface area contributed by atoms with Crippen molar-refractivity contribution in [3.8, 4) is 11.5 Å². The summed E-state index contributed by atoms with van der Waals surface area (Å²) >= 11 is 0. The Kier molecular flexibility index (Phi) is 7.12. The van der Waals surface area contributed by atoms with Crippen LogP contribution in [-0.4, -0.2) is 44.7 Å². The lowest BCUT2D eigenvalue weighted by Gasteiger charge is -2.28. The van der Waals surface area contributed by atoms with E-state index in [0.717, 1.165) is 11.3 Å². The molecule has 0 aliphatic carbocycles. The van der Waals surface area contributed by atoms with Crippen molar-refractivity contribution in [3.63, 3.8) is 0 Å². The summed E-state index contributed by atoms with van der Waals surface area (Å²) in [4.78, 5) is 16.2. The number of halogens is 2. The Labute approximate surface area is 158 Å². The van der Waals surface area contributed by atoms with Crippen molar-refractivity contribution in [2.45, 2.75) is 26.1 Å². The molecule has 27 heavy (non-hydrogen) atoms. The summed E-state index contributed by atoms with van der Waals surface area (Å²) in [7, 11) is 4.96. The molecule has 1 amide bonds. The molecule has 0 unspecified atom stereocenters. The first-order chi connectivity index (χ1) is 12.8. The predicted molar refractivity (Wildman–Crippen MR) is 100 cm³/mol. The Hall–Kier alpha value is -2.67. The topological polar surface area (TPSA) is 42.0 Å². The number of nitrogens with zero attached hydrogens (tertiary/aromatic N) is 2. The SMILES string of the molecule is COc1cc(CN(C)[C@@H](C)C(=O)N(C)c2ccccc2)ccc1OC(F)F. The summed E-state index contributed by atoms with van der Waals surface area (Å²) in [6.45, 7) is -0.646. The van der Waals surface area contributed by atoms with Crippen molar-refractivity contribution in [2.75, 3.05) is 26.1 Å². The predicted octanol–water partition coefficient (Wildman–Crippen LogP) is 3.78. The Bertz CT molecular complexity index is 756. The highest BCUT2D eigenvalue weighted by Crippen LogP contribution is 2.30. The molecule has 0 spiro atoms. The van der Waals surface area contributed by atoms with Crippen molar-refractivity contribution in [1.29, 1.82) is 0 Å². The van der Waals surface area contributed by atoms with Crippen LogP contribution in [0.3, 0.4) is 0 Å². The van der Waals surface area contributed by atoms with Gasteiger partial charge in [0.1, 0.15) is 0 Å². The summed E-state index contributed by atoms with van der Waals surface area (Å²) in [5.74, 6) is 0.154. The van der Waals surface area contributed by atoms with E-state index in [9.17, 15) is 13.6 Å². The van der Waals surface area contributed by atoms with E-state index in [1.54, 1.807) is 24.1 Å². The van der Waals surface area contributed by atoms with Gasteiger partial charge >= 0.3 is 6.61 Å².